The number of nitrogens with one attached hydrogen (secondary N) is 2. The molecule has 2 aromatic rings. The highest BCUT2D eigenvalue weighted by atomic mass is 19.1. The minimum absolute atomic E-state index is 0.0117. The number of methoxy groups -OCH3 is 1. The second kappa shape index (κ2) is 9.07. The topological polar surface area (TPSA) is 61.7 Å². The maximum Gasteiger partial charge on any atom is 0.214 e. The molecule has 152 valence electrons. The van der Waals surface area contributed by atoms with Crippen molar-refractivity contribution in [2.45, 2.75) is 44.3 Å². The predicted molar refractivity (Wildman–Crippen MR) is 102 cm³/mol. The SMILES string of the molecule is COCCn1nnnc1[C@@H](c1ccc(F)cc1)[NH+]1CC[NH+](C2CCCC2)CC1. The van der Waals surface area contributed by atoms with E-state index in [0.717, 1.165) is 30.5 Å². The van der Waals surface area contributed by atoms with Crippen molar-refractivity contribution >= 4 is 0 Å². The molecule has 1 aliphatic heterocycles. The van der Waals surface area contributed by atoms with Crippen molar-refractivity contribution in [1.82, 2.24) is 20.2 Å². The Morgan fingerprint density at radius 2 is 1.86 bits per heavy atom. The van der Waals surface area contributed by atoms with Crippen molar-refractivity contribution in [3.8, 4) is 0 Å². The van der Waals surface area contributed by atoms with E-state index in [9.17, 15) is 4.39 Å². The number of rotatable bonds is 7. The Kier molecular flexibility index (Phi) is 6.29. The van der Waals surface area contributed by atoms with Crippen LogP contribution in [-0.2, 0) is 11.3 Å². The normalized spacial score (nSPS) is 24.5. The molecule has 2 N–H and O–H groups in total. The van der Waals surface area contributed by atoms with Crippen LogP contribution in [-0.4, -0.2) is 66.1 Å². The lowest BCUT2D eigenvalue weighted by molar-refractivity contribution is -1.03. The van der Waals surface area contributed by atoms with Crippen LogP contribution in [0.25, 0.3) is 0 Å². The molecule has 1 aliphatic carbocycles. The van der Waals surface area contributed by atoms with E-state index in [0.29, 0.717) is 13.2 Å². The molecule has 0 amide bonds. The second-order valence-electron chi connectivity index (χ2n) is 8.04. The summed E-state index contributed by atoms with van der Waals surface area (Å²) in [5.74, 6) is 0.620. The zero-order valence-electron chi connectivity index (χ0n) is 16.6. The third-order valence-electron chi connectivity index (χ3n) is 6.40. The first-order valence-electron chi connectivity index (χ1n) is 10.5. The van der Waals surface area contributed by atoms with Crippen LogP contribution in [0.1, 0.15) is 43.1 Å². The molecule has 0 spiro atoms. The standard InChI is InChI=1S/C20H29FN6O/c1-28-15-14-27-20(22-23-24-27)19(16-6-8-17(21)9-7-16)26-12-10-25(11-13-26)18-4-2-3-5-18/h6-9,18-19H,2-5,10-15H2,1H3/p+2/t19-/m1/s1. The first-order valence-corrected chi connectivity index (χ1v) is 10.5. The van der Waals surface area contributed by atoms with Crippen molar-refractivity contribution in [3.05, 3.63) is 41.5 Å². The van der Waals surface area contributed by atoms with Crippen LogP contribution in [0, 0.1) is 5.82 Å². The summed E-state index contributed by atoms with van der Waals surface area (Å²) in [6.07, 6.45) is 5.52. The Labute approximate surface area is 165 Å². The van der Waals surface area contributed by atoms with Crippen LogP contribution in [0.5, 0.6) is 0 Å². The van der Waals surface area contributed by atoms with E-state index >= 15 is 0 Å². The molecule has 1 atom stereocenters. The van der Waals surface area contributed by atoms with E-state index in [-0.39, 0.29) is 11.9 Å². The largest absolute Gasteiger partial charge is 0.383 e. The van der Waals surface area contributed by atoms with E-state index in [1.54, 1.807) is 12.0 Å². The molecule has 28 heavy (non-hydrogen) atoms. The van der Waals surface area contributed by atoms with Crippen molar-refractivity contribution in [2.24, 2.45) is 0 Å². The van der Waals surface area contributed by atoms with Gasteiger partial charge in [0.05, 0.1) is 19.2 Å². The molecular weight excluding hydrogens is 359 g/mol. The van der Waals surface area contributed by atoms with Gasteiger partial charge < -0.3 is 14.5 Å². The highest BCUT2D eigenvalue weighted by Crippen LogP contribution is 2.18. The summed E-state index contributed by atoms with van der Waals surface area (Å²) in [5.41, 5.74) is 1.06. The lowest BCUT2D eigenvalue weighted by Crippen LogP contribution is -3.29. The molecule has 1 saturated heterocycles. The maximum atomic E-state index is 13.5. The third-order valence-corrected chi connectivity index (χ3v) is 6.40. The first-order chi connectivity index (χ1) is 13.8. The van der Waals surface area contributed by atoms with Crippen LogP contribution in [0.3, 0.4) is 0 Å². The van der Waals surface area contributed by atoms with Gasteiger partial charge in [-0.1, -0.05) is 0 Å². The van der Waals surface area contributed by atoms with E-state index in [4.69, 9.17) is 4.74 Å². The number of aromatic nitrogens is 4. The Morgan fingerprint density at radius 1 is 1.14 bits per heavy atom. The van der Waals surface area contributed by atoms with Crippen LogP contribution in [0.2, 0.25) is 0 Å². The average Bonchev–Trinajstić information content (AvgIpc) is 3.41. The maximum absolute atomic E-state index is 13.5. The Hall–Kier alpha value is -1.90. The molecule has 0 radical (unpaired) electrons. The summed E-state index contributed by atoms with van der Waals surface area (Å²) in [5, 5.41) is 12.5. The molecule has 0 unspecified atom stereocenters. The minimum atomic E-state index is -0.216. The summed E-state index contributed by atoms with van der Waals surface area (Å²) in [7, 11) is 1.68. The molecule has 2 heterocycles. The average molecular weight is 391 g/mol. The fourth-order valence-electron chi connectivity index (χ4n) is 4.90. The number of quaternary nitrogens is 2. The fraction of sp³-hybridized carbons (Fsp3) is 0.650. The predicted octanol–water partition coefficient (Wildman–Crippen LogP) is -0.726. The van der Waals surface area contributed by atoms with Crippen LogP contribution in [0.4, 0.5) is 4.39 Å². The lowest BCUT2D eigenvalue weighted by Gasteiger charge is -2.36. The molecule has 7 nitrogen and oxygen atoms in total. The Morgan fingerprint density at radius 3 is 2.54 bits per heavy atom. The number of hydrogen-bond acceptors (Lipinski definition) is 4. The number of tetrazole rings is 1. The zero-order valence-corrected chi connectivity index (χ0v) is 16.6. The van der Waals surface area contributed by atoms with E-state index in [2.05, 4.69) is 15.5 Å². The number of ether oxygens (including phenoxy) is 1. The van der Waals surface area contributed by atoms with E-state index in [1.807, 2.05) is 16.8 Å². The van der Waals surface area contributed by atoms with Gasteiger partial charge in [-0.25, -0.2) is 9.07 Å². The van der Waals surface area contributed by atoms with Gasteiger partial charge in [0.2, 0.25) is 5.82 Å². The molecule has 0 bridgehead atoms. The second-order valence-corrected chi connectivity index (χ2v) is 8.04. The number of benzene rings is 1. The highest BCUT2D eigenvalue weighted by Gasteiger charge is 2.38. The van der Waals surface area contributed by atoms with E-state index in [1.165, 1.54) is 55.8 Å². The molecule has 2 fully saturated rings. The minimum Gasteiger partial charge on any atom is -0.383 e. The molecule has 1 saturated carbocycles. The third kappa shape index (κ3) is 4.24. The van der Waals surface area contributed by atoms with Crippen LogP contribution >= 0.6 is 0 Å². The Bertz CT molecular complexity index is 737. The van der Waals surface area contributed by atoms with E-state index < -0.39 is 0 Å². The molecule has 1 aromatic heterocycles. The van der Waals surface area contributed by atoms with Crippen molar-refractivity contribution < 1.29 is 18.9 Å². The van der Waals surface area contributed by atoms with Gasteiger partial charge >= 0.3 is 0 Å². The van der Waals surface area contributed by atoms with Gasteiger partial charge in [-0.3, -0.25) is 0 Å². The lowest BCUT2D eigenvalue weighted by atomic mass is 10.0. The van der Waals surface area contributed by atoms with Gasteiger partial charge in [-0.05, 0) is 60.4 Å². The highest BCUT2D eigenvalue weighted by molar-refractivity contribution is 5.23. The molecule has 4 rings (SSSR count). The van der Waals surface area contributed by atoms with Crippen molar-refractivity contribution in [1.29, 1.82) is 0 Å². The zero-order chi connectivity index (χ0) is 19.3. The van der Waals surface area contributed by atoms with Crippen LogP contribution in [0.15, 0.2) is 24.3 Å². The van der Waals surface area contributed by atoms with Crippen molar-refractivity contribution in [2.75, 3.05) is 39.9 Å². The van der Waals surface area contributed by atoms with Gasteiger partial charge in [0.25, 0.3) is 0 Å². The smallest absolute Gasteiger partial charge is 0.214 e. The van der Waals surface area contributed by atoms with Gasteiger partial charge in [0.1, 0.15) is 32.0 Å². The van der Waals surface area contributed by atoms with Gasteiger partial charge in [-0.2, -0.15) is 0 Å². The van der Waals surface area contributed by atoms with Gasteiger partial charge in [0, 0.05) is 12.7 Å². The number of hydrogen-bond donors (Lipinski definition) is 2. The summed E-state index contributed by atoms with van der Waals surface area (Å²) < 4.78 is 20.6. The number of nitrogens with zero attached hydrogens (tertiary/aromatic N) is 4. The monoisotopic (exact) mass is 390 g/mol. The number of halogens is 1. The number of piperazine rings is 1. The summed E-state index contributed by atoms with van der Waals surface area (Å²) in [6, 6.07) is 7.67. The summed E-state index contributed by atoms with van der Waals surface area (Å²) in [4.78, 5) is 3.22. The summed E-state index contributed by atoms with van der Waals surface area (Å²) >= 11 is 0. The summed E-state index contributed by atoms with van der Waals surface area (Å²) in [6.45, 7) is 5.68. The molecule has 1 aromatic carbocycles. The fourth-order valence-corrected chi connectivity index (χ4v) is 4.90. The molecular formula is C20H31FN6O+2. The van der Waals surface area contributed by atoms with Crippen molar-refractivity contribution in [3.63, 3.8) is 0 Å². The first kappa shape index (κ1) is 19.4. The quantitative estimate of drug-likeness (QED) is 0.655. The molecule has 2 aliphatic rings. The van der Waals surface area contributed by atoms with Gasteiger partial charge in [0.15, 0.2) is 6.04 Å². The van der Waals surface area contributed by atoms with Crippen LogP contribution < -0.4 is 9.80 Å². The van der Waals surface area contributed by atoms with Gasteiger partial charge in [-0.15, -0.1) is 5.10 Å². The molecule has 8 heteroatoms. The Balaban J connectivity index is 1.55.